The predicted molar refractivity (Wildman–Crippen MR) is 56.5 cm³/mol. The molecule has 0 fully saturated rings. The van der Waals surface area contributed by atoms with E-state index in [9.17, 15) is 8.42 Å². The average molecular weight is 259 g/mol. The highest BCUT2D eigenvalue weighted by atomic mass is 32.2. The molecular weight excluding hydrogens is 250 g/mol. The van der Waals surface area contributed by atoms with Gasteiger partial charge in [-0.05, 0) is 17.4 Å². The van der Waals surface area contributed by atoms with E-state index in [1.54, 1.807) is 19.4 Å². The highest BCUT2D eigenvalue weighted by Gasteiger charge is 2.30. The summed E-state index contributed by atoms with van der Waals surface area (Å²) >= 11 is 1.08. The number of hydrogen-bond acceptors (Lipinski definition) is 7. The van der Waals surface area contributed by atoms with Crippen molar-refractivity contribution in [2.24, 2.45) is 7.05 Å². The summed E-state index contributed by atoms with van der Waals surface area (Å²) in [6.45, 7) is 1.54. The van der Waals surface area contributed by atoms with E-state index in [-0.39, 0.29) is 4.34 Å². The first-order valence-corrected chi connectivity index (χ1v) is 6.81. The van der Waals surface area contributed by atoms with E-state index in [1.807, 2.05) is 0 Å². The topological polar surface area (TPSA) is 90.6 Å². The van der Waals surface area contributed by atoms with Gasteiger partial charge in [-0.3, -0.25) is 0 Å². The second kappa shape index (κ2) is 3.91. The number of nitrogens with zero attached hydrogens (tertiary/aromatic N) is 5. The number of thiazole rings is 1. The Morgan fingerprint density at radius 3 is 2.75 bits per heavy atom. The molecule has 0 aromatic carbocycles. The highest BCUT2D eigenvalue weighted by molar-refractivity contribution is 7.93. The summed E-state index contributed by atoms with van der Waals surface area (Å²) in [4.78, 5) is 3.80. The summed E-state index contributed by atoms with van der Waals surface area (Å²) in [7, 11) is -1.90. The first kappa shape index (κ1) is 11.1. The Morgan fingerprint density at radius 2 is 2.25 bits per heavy atom. The summed E-state index contributed by atoms with van der Waals surface area (Å²) in [5, 5.41) is 11.5. The van der Waals surface area contributed by atoms with E-state index < -0.39 is 15.1 Å². The molecule has 2 aromatic heterocycles. The molecule has 1 unspecified atom stereocenters. The molecule has 2 aromatic rings. The minimum Gasteiger partial charge on any atom is -0.234 e. The Bertz CT molecular complexity index is 574. The normalized spacial score (nSPS) is 13.9. The molecule has 0 saturated carbocycles. The summed E-state index contributed by atoms with van der Waals surface area (Å²) in [5.74, 6) is 0.301. The quantitative estimate of drug-likeness (QED) is 0.782. The van der Waals surface area contributed by atoms with Crippen molar-refractivity contribution in [3.05, 3.63) is 17.4 Å². The van der Waals surface area contributed by atoms with E-state index in [0.29, 0.717) is 5.82 Å². The first-order valence-electron chi connectivity index (χ1n) is 4.39. The third kappa shape index (κ3) is 1.71. The lowest BCUT2D eigenvalue weighted by molar-refractivity contribution is 0.576. The predicted octanol–water partition coefficient (Wildman–Crippen LogP) is 0.201. The standard InChI is InChI=1S/C7H9N5O2S2/c1-5(6-9-10-11-12(6)2)16(13,14)7-8-3-4-15-7/h3-5H,1-2H3. The summed E-state index contributed by atoms with van der Waals surface area (Å²) in [5.41, 5.74) is 0. The molecule has 0 saturated heterocycles. The monoisotopic (exact) mass is 259 g/mol. The second-order valence-electron chi connectivity index (χ2n) is 3.15. The number of tetrazole rings is 1. The molecule has 0 bridgehead atoms. The van der Waals surface area contributed by atoms with Crippen LogP contribution in [0.25, 0.3) is 0 Å². The zero-order valence-electron chi connectivity index (χ0n) is 8.60. The number of aryl methyl sites for hydroxylation is 1. The van der Waals surface area contributed by atoms with Crippen molar-refractivity contribution in [1.82, 2.24) is 25.2 Å². The van der Waals surface area contributed by atoms with Crippen molar-refractivity contribution in [1.29, 1.82) is 0 Å². The van der Waals surface area contributed by atoms with Crippen LogP contribution in [0.2, 0.25) is 0 Å². The van der Waals surface area contributed by atoms with Crippen LogP contribution >= 0.6 is 11.3 Å². The van der Waals surface area contributed by atoms with Crippen molar-refractivity contribution in [3.63, 3.8) is 0 Å². The Labute approximate surface area is 96.1 Å². The second-order valence-corrected chi connectivity index (χ2v) is 6.48. The van der Waals surface area contributed by atoms with Crippen LogP contribution in [0, 0.1) is 0 Å². The van der Waals surface area contributed by atoms with Gasteiger partial charge in [0.05, 0.1) is 0 Å². The van der Waals surface area contributed by atoms with Gasteiger partial charge in [0.25, 0.3) is 0 Å². The fourth-order valence-corrected chi connectivity index (χ4v) is 3.71. The maximum Gasteiger partial charge on any atom is 0.215 e. The van der Waals surface area contributed by atoms with E-state index >= 15 is 0 Å². The largest absolute Gasteiger partial charge is 0.234 e. The van der Waals surface area contributed by atoms with Crippen LogP contribution in [-0.4, -0.2) is 33.6 Å². The molecular formula is C7H9N5O2S2. The Morgan fingerprint density at radius 1 is 1.50 bits per heavy atom. The van der Waals surface area contributed by atoms with Gasteiger partial charge in [-0.25, -0.2) is 18.1 Å². The molecule has 0 N–H and O–H groups in total. The van der Waals surface area contributed by atoms with Gasteiger partial charge in [0.15, 0.2) is 5.82 Å². The van der Waals surface area contributed by atoms with Gasteiger partial charge in [0.1, 0.15) is 5.25 Å². The van der Waals surface area contributed by atoms with Gasteiger partial charge in [0.2, 0.25) is 14.2 Å². The summed E-state index contributed by atoms with van der Waals surface area (Å²) in [6.07, 6.45) is 1.46. The molecule has 1 atom stereocenters. The van der Waals surface area contributed by atoms with E-state index in [4.69, 9.17) is 0 Å². The lowest BCUT2D eigenvalue weighted by atomic mass is 10.4. The molecule has 0 amide bonds. The minimum atomic E-state index is -3.50. The van der Waals surface area contributed by atoms with Crippen LogP contribution in [0.3, 0.4) is 0 Å². The fraction of sp³-hybridized carbons (Fsp3) is 0.429. The maximum absolute atomic E-state index is 12.1. The average Bonchev–Trinajstić information content (AvgIpc) is 2.86. The van der Waals surface area contributed by atoms with Crippen LogP contribution in [0.5, 0.6) is 0 Å². The lowest BCUT2D eigenvalue weighted by Gasteiger charge is -2.08. The summed E-state index contributed by atoms with van der Waals surface area (Å²) < 4.78 is 25.6. The van der Waals surface area contributed by atoms with Gasteiger partial charge in [0, 0.05) is 18.6 Å². The van der Waals surface area contributed by atoms with Crippen LogP contribution in [0.1, 0.15) is 18.0 Å². The van der Waals surface area contributed by atoms with Gasteiger partial charge in [-0.15, -0.1) is 16.4 Å². The van der Waals surface area contributed by atoms with Crippen LogP contribution < -0.4 is 0 Å². The van der Waals surface area contributed by atoms with E-state index in [1.165, 1.54) is 10.9 Å². The molecule has 7 nitrogen and oxygen atoms in total. The van der Waals surface area contributed by atoms with E-state index in [0.717, 1.165) is 11.3 Å². The first-order chi connectivity index (χ1) is 7.53. The number of rotatable bonds is 3. The molecule has 0 spiro atoms. The van der Waals surface area contributed by atoms with Gasteiger partial charge >= 0.3 is 0 Å². The van der Waals surface area contributed by atoms with E-state index in [2.05, 4.69) is 20.5 Å². The number of sulfone groups is 1. The van der Waals surface area contributed by atoms with Gasteiger partial charge in [-0.1, -0.05) is 0 Å². The number of hydrogen-bond donors (Lipinski definition) is 0. The molecule has 16 heavy (non-hydrogen) atoms. The molecule has 0 aliphatic heterocycles. The molecule has 2 heterocycles. The molecule has 0 aliphatic rings. The Kier molecular flexibility index (Phi) is 2.72. The van der Waals surface area contributed by atoms with Gasteiger partial charge < -0.3 is 0 Å². The molecule has 2 rings (SSSR count). The SMILES string of the molecule is CC(c1nnnn1C)S(=O)(=O)c1nccs1. The van der Waals surface area contributed by atoms with Crippen molar-refractivity contribution in [2.75, 3.05) is 0 Å². The van der Waals surface area contributed by atoms with Crippen LogP contribution in [0.15, 0.2) is 15.9 Å². The molecule has 9 heteroatoms. The van der Waals surface area contributed by atoms with Crippen molar-refractivity contribution in [2.45, 2.75) is 16.5 Å². The van der Waals surface area contributed by atoms with Crippen LogP contribution in [-0.2, 0) is 16.9 Å². The highest BCUT2D eigenvalue weighted by Crippen LogP contribution is 2.27. The Balaban J connectivity index is 2.44. The van der Waals surface area contributed by atoms with Crippen LogP contribution in [0.4, 0.5) is 0 Å². The third-order valence-corrected chi connectivity index (χ3v) is 5.42. The zero-order chi connectivity index (χ0) is 11.8. The Hall–Kier alpha value is -1.35. The summed E-state index contributed by atoms with van der Waals surface area (Å²) in [6, 6.07) is 0. The molecule has 0 aliphatic carbocycles. The van der Waals surface area contributed by atoms with Crippen molar-refractivity contribution < 1.29 is 8.42 Å². The number of aromatic nitrogens is 5. The smallest absolute Gasteiger partial charge is 0.215 e. The van der Waals surface area contributed by atoms with Crippen molar-refractivity contribution in [3.8, 4) is 0 Å². The minimum absolute atomic E-state index is 0.0861. The molecule has 86 valence electrons. The maximum atomic E-state index is 12.1. The van der Waals surface area contributed by atoms with Crippen molar-refractivity contribution >= 4 is 21.2 Å². The lowest BCUT2D eigenvalue weighted by Crippen LogP contribution is -2.15. The zero-order valence-corrected chi connectivity index (χ0v) is 10.2. The fourth-order valence-electron chi connectivity index (χ4n) is 1.22. The van der Waals surface area contributed by atoms with Gasteiger partial charge in [-0.2, -0.15) is 0 Å². The third-order valence-electron chi connectivity index (χ3n) is 2.14. The molecule has 0 radical (unpaired) electrons.